The summed E-state index contributed by atoms with van der Waals surface area (Å²) < 4.78 is 0. The van der Waals surface area contributed by atoms with E-state index >= 15 is 0 Å². The maximum Gasteiger partial charge on any atom is 0.251 e. The Morgan fingerprint density at radius 3 is 2.65 bits per heavy atom. The fraction of sp³-hybridized carbons (Fsp3) is 0.143. The van der Waals surface area contributed by atoms with Gasteiger partial charge in [-0.3, -0.25) is 4.79 Å². The van der Waals surface area contributed by atoms with E-state index < -0.39 is 0 Å². The first kappa shape index (κ1) is 14.6. The largest absolute Gasteiger partial charge is 0.384 e. The molecule has 0 aliphatic heterocycles. The van der Waals surface area contributed by atoms with Crippen LogP contribution in [0, 0.1) is 0 Å². The Labute approximate surface area is 126 Å². The number of anilines is 1. The zero-order valence-corrected chi connectivity index (χ0v) is 12.2. The molecule has 4 nitrogen and oxygen atoms in total. The highest BCUT2D eigenvalue weighted by Crippen LogP contribution is 2.22. The molecule has 1 amide bonds. The zero-order valence-electron chi connectivity index (χ0n) is 10.7. The maximum absolute atomic E-state index is 12.1. The van der Waals surface area contributed by atoms with Gasteiger partial charge < -0.3 is 11.1 Å². The third-order valence-corrected chi connectivity index (χ3v) is 3.33. The molecule has 2 aromatic rings. The van der Waals surface area contributed by atoms with Crippen molar-refractivity contribution in [1.82, 2.24) is 10.3 Å². The van der Waals surface area contributed by atoms with Crippen LogP contribution in [-0.2, 0) is 0 Å². The molecule has 6 heteroatoms. The molecule has 0 saturated heterocycles. The predicted molar refractivity (Wildman–Crippen MR) is 81.0 cm³/mol. The highest BCUT2D eigenvalue weighted by Gasteiger charge is 2.14. The van der Waals surface area contributed by atoms with E-state index in [9.17, 15) is 4.79 Å². The number of carbonyl (C=O) groups is 1. The molecule has 3 N–H and O–H groups in total. The molecule has 20 heavy (non-hydrogen) atoms. The van der Waals surface area contributed by atoms with Gasteiger partial charge >= 0.3 is 0 Å². The molecule has 0 aliphatic rings. The Morgan fingerprint density at radius 1 is 1.30 bits per heavy atom. The molecule has 1 aromatic carbocycles. The van der Waals surface area contributed by atoms with E-state index in [1.165, 1.54) is 12.1 Å². The summed E-state index contributed by atoms with van der Waals surface area (Å²) in [6.07, 6.45) is 0. The van der Waals surface area contributed by atoms with Crippen molar-refractivity contribution in [2.75, 3.05) is 5.73 Å². The Balaban J connectivity index is 2.17. The summed E-state index contributed by atoms with van der Waals surface area (Å²) in [6.45, 7) is 1.85. The van der Waals surface area contributed by atoms with Crippen molar-refractivity contribution < 1.29 is 4.79 Å². The fourth-order valence-corrected chi connectivity index (χ4v) is 2.35. The first-order chi connectivity index (χ1) is 9.47. The van der Waals surface area contributed by atoms with Gasteiger partial charge in [0.25, 0.3) is 5.91 Å². The number of aromatic nitrogens is 1. The molecule has 1 aromatic heterocycles. The molecule has 0 fully saturated rings. The van der Waals surface area contributed by atoms with E-state index in [0.717, 1.165) is 5.56 Å². The van der Waals surface area contributed by atoms with Crippen LogP contribution < -0.4 is 11.1 Å². The summed E-state index contributed by atoms with van der Waals surface area (Å²) in [6, 6.07) is 10.0. The molecule has 104 valence electrons. The van der Waals surface area contributed by atoms with Gasteiger partial charge in [-0.1, -0.05) is 41.4 Å². The van der Waals surface area contributed by atoms with Crippen molar-refractivity contribution >= 4 is 34.9 Å². The van der Waals surface area contributed by atoms with Crippen molar-refractivity contribution in [1.29, 1.82) is 0 Å². The number of pyridine rings is 1. The van der Waals surface area contributed by atoms with Crippen molar-refractivity contribution in [2.45, 2.75) is 13.0 Å². The number of nitrogen functional groups attached to an aromatic ring is 1. The third-order valence-electron chi connectivity index (χ3n) is 2.80. The Kier molecular flexibility index (Phi) is 4.47. The van der Waals surface area contributed by atoms with Crippen LogP contribution in [0.15, 0.2) is 36.4 Å². The lowest BCUT2D eigenvalue weighted by Gasteiger charge is -2.15. The van der Waals surface area contributed by atoms with Crippen molar-refractivity contribution in [3.8, 4) is 0 Å². The number of nitrogens with zero attached hydrogens (tertiary/aromatic N) is 1. The Bertz CT molecular complexity index is 626. The van der Waals surface area contributed by atoms with Gasteiger partial charge in [0.15, 0.2) is 0 Å². The summed E-state index contributed by atoms with van der Waals surface area (Å²) in [4.78, 5) is 16.0. The molecule has 0 radical (unpaired) electrons. The second-order valence-corrected chi connectivity index (χ2v) is 5.11. The lowest BCUT2D eigenvalue weighted by Crippen LogP contribution is -2.27. The van der Waals surface area contributed by atoms with Gasteiger partial charge in [0, 0.05) is 10.6 Å². The van der Waals surface area contributed by atoms with E-state index in [2.05, 4.69) is 10.3 Å². The van der Waals surface area contributed by atoms with Gasteiger partial charge in [0.05, 0.1) is 6.04 Å². The molecular weight excluding hydrogens is 297 g/mol. The van der Waals surface area contributed by atoms with Gasteiger partial charge in [0.2, 0.25) is 0 Å². The third kappa shape index (κ3) is 3.40. The first-order valence-electron chi connectivity index (χ1n) is 5.95. The Morgan fingerprint density at radius 2 is 2.00 bits per heavy atom. The average Bonchev–Trinajstić information content (AvgIpc) is 2.37. The number of nitrogens with one attached hydrogen (secondary N) is 1. The highest BCUT2D eigenvalue weighted by atomic mass is 35.5. The van der Waals surface area contributed by atoms with E-state index in [-0.39, 0.29) is 22.9 Å². The topological polar surface area (TPSA) is 68.0 Å². The number of hydrogen-bond donors (Lipinski definition) is 2. The van der Waals surface area contributed by atoms with Crippen LogP contribution in [0.5, 0.6) is 0 Å². The maximum atomic E-state index is 12.1. The van der Waals surface area contributed by atoms with Crippen LogP contribution in [0.2, 0.25) is 10.2 Å². The zero-order chi connectivity index (χ0) is 14.7. The van der Waals surface area contributed by atoms with Gasteiger partial charge in [-0.15, -0.1) is 0 Å². The SMILES string of the molecule is CC(NC(=O)c1cc(N)nc(Cl)c1)c1ccccc1Cl. The quantitative estimate of drug-likeness (QED) is 0.853. The smallest absolute Gasteiger partial charge is 0.251 e. The number of carbonyl (C=O) groups excluding carboxylic acids is 1. The minimum absolute atomic E-state index is 0.181. The average molecular weight is 310 g/mol. The molecule has 0 aliphatic carbocycles. The lowest BCUT2D eigenvalue weighted by molar-refractivity contribution is 0.0940. The minimum atomic E-state index is -0.284. The number of benzene rings is 1. The fourth-order valence-electron chi connectivity index (χ4n) is 1.83. The van der Waals surface area contributed by atoms with E-state index in [0.29, 0.717) is 10.6 Å². The monoisotopic (exact) mass is 309 g/mol. The molecule has 1 heterocycles. The van der Waals surface area contributed by atoms with Crippen LogP contribution in [0.4, 0.5) is 5.82 Å². The second-order valence-electron chi connectivity index (χ2n) is 4.32. The summed E-state index contributed by atoms with van der Waals surface area (Å²) in [5.41, 5.74) is 6.77. The molecule has 2 rings (SSSR count). The van der Waals surface area contributed by atoms with Crippen LogP contribution >= 0.6 is 23.2 Å². The second kappa shape index (κ2) is 6.11. The molecular formula is C14H13Cl2N3O. The number of rotatable bonds is 3. The van der Waals surface area contributed by atoms with Crippen molar-refractivity contribution in [3.05, 3.63) is 57.7 Å². The van der Waals surface area contributed by atoms with E-state index in [4.69, 9.17) is 28.9 Å². The van der Waals surface area contributed by atoms with Gasteiger partial charge in [-0.25, -0.2) is 4.98 Å². The predicted octanol–water partition coefficient (Wildman–Crippen LogP) is 3.46. The number of nitrogens with two attached hydrogens (primary N) is 1. The van der Waals surface area contributed by atoms with Gasteiger partial charge in [-0.05, 0) is 30.7 Å². The van der Waals surface area contributed by atoms with Gasteiger partial charge in [-0.2, -0.15) is 0 Å². The molecule has 0 saturated carbocycles. The number of amides is 1. The lowest BCUT2D eigenvalue weighted by atomic mass is 10.1. The van der Waals surface area contributed by atoms with Crippen LogP contribution in [0.1, 0.15) is 28.9 Å². The Hall–Kier alpha value is -1.78. The summed E-state index contributed by atoms with van der Waals surface area (Å²) >= 11 is 11.9. The van der Waals surface area contributed by atoms with Crippen LogP contribution in [0.3, 0.4) is 0 Å². The van der Waals surface area contributed by atoms with E-state index in [1.54, 1.807) is 6.07 Å². The molecule has 0 spiro atoms. The van der Waals surface area contributed by atoms with E-state index in [1.807, 2.05) is 25.1 Å². The minimum Gasteiger partial charge on any atom is -0.384 e. The number of hydrogen-bond acceptors (Lipinski definition) is 3. The summed E-state index contributed by atoms with van der Waals surface area (Å²) in [5.74, 6) is -0.0820. The first-order valence-corrected chi connectivity index (χ1v) is 6.71. The van der Waals surface area contributed by atoms with Crippen LogP contribution in [-0.4, -0.2) is 10.9 Å². The van der Waals surface area contributed by atoms with Crippen molar-refractivity contribution in [3.63, 3.8) is 0 Å². The summed E-state index contributed by atoms with van der Waals surface area (Å²) in [5, 5.41) is 3.63. The standard InChI is InChI=1S/C14H13Cl2N3O/c1-8(10-4-2-3-5-11(10)15)18-14(20)9-6-12(16)19-13(17)7-9/h2-8H,1H3,(H2,17,19)(H,18,20). The molecule has 1 atom stereocenters. The van der Waals surface area contributed by atoms with Crippen LogP contribution in [0.25, 0.3) is 0 Å². The van der Waals surface area contributed by atoms with Gasteiger partial charge in [0.1, 0.15) is 11.0 Å². The molecule has 1 unspecified atom stereocenters. The number of halogens is 2. The molecule has 0 bridgehead atoms. The highest BCUT2D eigenvalue weighted by molar-refractivity contribution is 6.31. The summed E-state index contributed by atoms with van der Waals surface area (Å²) in [7, 11) is 0. The van der Waals surface area contributed by atoms with Crippen molar-refractivity contribution in [2.24, 2.45) is 0 Å². The normalized spacial score (nSPS) is 11.9.